The van der Waals surface area contributed by atoms with Crippen molar-refractivity contribution in [2.75, 3.05) is 19.5 Å². The Morgan fingerprint density at radius 2 is 1.81 bits per heavy atom. The quantitative estimate of drug-likeness (QED) is 0.922. The van der Waals surface area contributed by atoms with Gasteiger partial charge in [0.05, 0.1) is 14.2 Å². The molecule has 110 valence electrons. The lowest BCUT2D eigenvalue weighted by atomic mass is 9.82. The molecule has 2 aromatic rings. The fourth-order valence-electron chi connectivity index (χ4n) is 3.14. The largest absolute Gasteiger partial charge is 0.497 e. The number of para-hydroxylation sites is 1. The standard InChI is InChI=1S/C18H21NO2/c1-12-10-16(14-6-4-5-7-17(14)19-12)15-9-8-13(20-2)11-18(15)21-3/h4-9,11-12,16,19H,10H2,1-3H3. The van der Waals surface area contributed by atoms with E-state index in [1.165, 1.54) is 16.8 Å². The smallest absolute Gasteiger partial charge is 0.126 e. The van der Waals surface area contributed by atoms with E-state index in [9.17, 15) is 0 Å². The number of hydrogen-bond donors (Lipinski definition) is 1. The number of fused-ring (bicyclic) bond motifs is 1. The maximum atomic E-state index is 5.59. The molecule has 3 heteroatoms. The summed E-state index contributed by atoms with van der Waals surface area (Å²) in [5.41, 5.74) is 3.78. The average Bonchev–Trinajstić information content (AvgIpc) is 2.53. The molecular weight excluding hydrogens is 262 g/mol. The minimum absolute atomic E-state index is 0.346. The van der Waals surface area contributed by atoms with Gasteiger partial charge in [0.2, 0.25) is 0 Å². The van der Waals surface area contributed by atoms with Crippen LogP contribution in [-0.2, 0) is 0 Å². The molecule has 1 N–H and O–H groups in total. The molecule has 0 bridgehead atoms. The van der Waals surface area contributed by atoms with Crippen molar-refractivity contribution in [3.8, 4) is 11.5 Å². The van der Waals surface area contributed by atoms with Crippen LogP contribution in [0.15, 0.2) is 42.5 Å². The fraction of sp³-hybridized carbons (Fsp3) is 0.333. The lowest BCUT2D eigenvalue weighted by Gasteiger charge is -2.32. The van der Waals surface area contributed by atoms with Crippen molar-refractivity contribution in [2.45, 2.75) is 25.3 Å². The summed E-state index contributed by atoms with van der Waals surface area (Å²) in [7, 11) is 3.39. The van der Waals surface area contributed by atoms with Gasteiger partial charge < -0.3 is 14.8 Å². The first kappa shape index (κ1) is 13.8. The Morgan fingerprint density at radius 3 is 2.57 bits per heavy atom. The summed E-state index contributed by atoms with van der Waals surface area (Å²) in [6, 6.07) is 15.0. The first-order valence-electron chi connectivity index (χ1n) is 7.30. The molecule has 2 aromatic carbocycles. The zero-order valence-corrected chi connectivity index (χ0v) is 12.7. The molecule has 0 amide bonds. The second-order valence-electron chi connectivity index (χ2n) is 5.53. The summed E-state index contributed by atoms with van der Waals surface area (Å²) in [4.78, 5) is 0. The van der Waals surface area contributed by atoms with Gasteiger partial charge >= 0.3 is 0 Å². The van der Waals surface area contributed by atoms with Crippen LogP contribution in [0.3, 0.4) is 0 Å². The van der Waals surface area contributed by atoms with Crippen molar-refractivity contribution >= 4 is 5.69 Å². The molecule has 3 nitrogen and oxygen atoms in total. The third-order valence-electron chi connectivity index (χ3n) is 4.14. The summed E-state index contributed by atoms with van der Waals surface area (Å²) in [6.45, 7) is 2.22. The highest BCUT2D eigenvalue weighted by Crippen LogP contribution is 2.42. The van der Waals surface area contributed by atoms with Crippen LogP contribution in [0.2, 0.25) is 0 Å². The number of nitrogens with one attached hydrogen (secondary N) is 1. The van der Waals surface area contributed by atoms with E-state index in [4.69, 9.17) is 9.47 Å². The van der Waals surface area contributed by atoms with E-state index in [0.29, 0.717) is 12.0 Å². The second-order valence-corrected chi connectivity index (χ2v) is 5.53. The third kappa shape index (κ3) is 2.56. The maximum absolute atomic E-state index is 5.59. The van der Waals surface area contributed by atoms with Gasteiger partial charge in [-0.25, -0.2) is 0 Å². The SMILES string of the molecule is COc1ccc(C2CC(C)Nc3ccccc32)c(OC)c1. The number of methoxy groups -OCH3 is 2. The van der Waals surface area contributed by atoms with Crippen LogP contribution >= 0.6 is 0 Å². The van der Waals surface area contributed by atoms with Gasteiger partial charge in [0.25, 0.3) is 0 Å². The molecule has 0 aromatic heterocycles. The topological polar surface area (TPSA) is 30.5 Å². The van der Waals surface area contributed by atoms with E-state index in [2.05, 4.69) is 42.6 Å². The molecule has 1 aliphatic rings. The molecule has 0 aliphatic carbocycles. The van der Waals surface area contributed by atoms with E-state index >= 15 is 0 Å². The highest BCUT2D eigenvalue weighted by molar-refractivity contribution is 5.60. The molecule has 0 fully saturated rings. The van der Waals surface area contributed by atoms with E-state index in [0.717, 1.165) is 17.9 Å². The number of rotatable bonds is 3. The highest BCUT2D eigenvalue weighted by Gasteiger charge is 2.27. The lowest BCUT2D eigenvalue weighted by molar-refractivity contribution is 0.388. The van der Waals surface area contributed by atoms with Crippen molar-refractivity contribution in [2.24, 2.45) is 0 Å². The van der Waals surface area contributed by atoms with Crippen molar-refractivity contribution in [3.63, 3.8) is 0 Å². The van der Waals surface area contributed by atoms with E-state index in [1.54, 1.807) is 14.2 Å². The van der Waals surface area contributed by atoms with Crippen LogP contribution in [0.25, 0.3) is 0 Å². The van der Waals surface area contributed by atoms with Crippen molar-refractivity contribution in [1.82, 2.24) is 0 Å². The first-order chi connectivity index (χ1) is 10.2. The minimum Gasteiger partial charge on any atom is -0.497 e. The Labute approximate surface area is 125 Å². The highest BCUT2D eigenvalue weighted by atomic mass is 16.5. The lowest BCUT2D eigenvalue weighted by Crippen LogP contribution is -2.26. The summed E-state index contributed by atoms with van der Waals surface area (Å²) in [5.74, 6) is 2.06. The number of anilines is 1. The van der Waals surface area contributed by atoms with Gasteiger partial charge in [0.1, 0.15) is 11.5 Å². The van der Waals surface area contributed by atoms with Gasteiger partial charge in [0, 0.05) is 29.3 Å². The molecular formula is C18H21NO2. The Bertz CT molecular complexity index is 639. The van der Waals surface area contributed by atoms with Crippen molar-refractivity contribution in [3.05, 3.63) is 53.6 Å². The molecule has 0 saturated carbocycles. The summed E-state index contributed by atoms with van der Waals surface area (Å²) in [6.07, 6.45) is 1.06. The molecule has 0 saturated heterocycles. The molecule has 0 radical (unpaired) electrons. The normalized spacial score (nSPS) is 20.3. The maximum Gasteiger partial charge on any atom is 0.126 e. The zero-order chi connectivity index (χ0) is 14.8. The first-order valence-corrected chi connectivity index (χ1v) is 7.30. The molecule has 3 rings (SSSR count). The molecule has 0 spiro atoms. The van der Waals surface area contributed by atoms with Crippen molar-refractivity contribution < 1.29 is 9.47 Å². The summed E-state index contributed by atoms with van der Waals surface area (Å²) in [5, 5.41) is 3.55. The van der Waals surface area contributed by atoms with E-state index in [1.807, 2.05) is 12.1 Å². The second kappa shape index (κ2) is 5.68. The Morgan fingerprint density at radius 1 is 1.00 bits per heavy atom. The van der Waals surface area contributed by atoms with Crippen LogP contribution in [-0.4, -0.2) is 20.3 Å². The average molecular weight is 283 g/mol. The van der Waals surface area contributed by atoms with Gasteiger partial charge in [-0.3, -0.25) is 0 Å². The Hall–Kier alpha value is -2.16. The third-order valence-corrected chi connectivity index (χ3v) is 4.14. The van der Waals surface area contributed by atoms with Crippen LogP contribution in [0, 0.1) is 0 Å². The van der Waals surface area contributed by atoms with Gasteiger partial charge in [-0.1, -0.05) is 24.3 Å². The van der Waals surface area contributed by atoms with Crippen LogP contribution < -0.4 is 14.8 Å². The van der Waals surface area contributed by atoms with Gasteiger partial charge in [-0.2, -0.15) is 0 Å². The predicted molar refractivity (Wildman–Crippen MR) is 85.5 cm³/mol. The number of hydrogen-bond acceptors (Lipinski definition) is 3. The van der Waals surface area contributed by atoms with Crippen molar-refractivity contribution in [1.29, 1.82) is 0 Å². The molecule has 21 heavy (non-hydrogen) atoms. The molecule has 2 atom stereocenters. The number of benzene rings is 2. The van der Waals surface area contributed by atoms with Crippen LogP contribution in [0.4, 0.5) is 5.69 Å². The summed E-state index contributed by atoms with van der Waals surface area (Å²) >= 11 is 0. The fourth-order valence-corrected chi connectivity index (χ4v) is 3.14. The minimum atomic E-state index is 0.346. The van der Waals surface area contributed by atoms with Crippen LogP contribution in [0.1, 0.15) is 30.4 Å². The van der Waals surface area contributed by atoms with Gasteiger partial charge in [-0.15, -0.1) is 0 Å². The zero-order valence-electron chi connectivity index (χ0n) is 12.7. The van der Waals surface area contributed by atoms with Gasteiger partial charge in [-0.05, 0) is 31.0 Å². The van der Waals surface area contributed by atoms with Crippen LogP contribution in [0.5, 0.6) is 11.5 Å². The molecule has 1 aliphatic heterocycles. The van der Waals surface area contributed by atoms with Gasteiger partial charge in [0.15, 0.2) is 0 Å². The molecule has 2 unspecified atom stereocenters. The van der Waals surface area contributed by atoms with E-state index in [-0.39, 0.29) is 0 Å². The van der Waals surface area contributed by atoms with E-state index < -0.39 is 0 Å². The monoisotopic (exact) mass is 283 g/mol. The Balaban J connectivity index is 2.08. The predicted octanol–water partition coefficient (Wildman–Crippen LogP) is 4.04. The number of ether oxygens (including phenoxy) is 2. The Kier molecular flexibility index (Phi) is 3.74. The summed E-state index contributed by atoms with van der Waals surface area (Å²) < 4.78 is 10.9. The molecule has 1 heterocycles.